The van der Waals surface area contributed by atoms with Crippen molar-refractivity contribution < 1.29 is 48.9 Å². The molecule has 0 saturated carbocycles. The second-order valence-electron chi connectivity index (χ2n) is 15.8. The maximum Gasteiger partial charge on any atom is 0.326 e. The number of nitrogens with zero attached hydrogens (tertiary/aromatic N) is 4. The first-order valence-corrected chi connectivity index (χ1v) is 20.3. The fraction of sp³-hybridized carbons (Fsp3) is 0.641. The zero-order valence-corrected chi connectivity index (χ0v) is 33.8. The summed E-state index contributed by atoms with van der Waals surface area (Å²) in [4.78, 5) is 103. The van der Waals surface area contributed by atoms with Gasteiger partial charge in [0.1, 0.15) is 48.0 Å². The van der Waals surface area contributed by atoms with Gasteiger partial charge in [-0.25, -0.2) is 4.79 Å². The van der Waals surface area contributed by atoms with E-state index in [1.807, 2.05) is 13.8 Å². The molecule has 3 aliphatic rings. The molecule has 0 bridgehead atoms. The number of aromatic hydroxyl groups is 1. The highest BCUT2D eigenvalue weighted by atomic mass is 16.4. The van der Waals surface area contributed by atoms with E-state index in [4.69, 9.17) is 17.2 Å². The van der Waals surface area contributed by atoms with Crippen LogP contribution < -0.4 is 33.2 Å². The summed E-state index contributed by atoms with van der Waals surface area (Å²) in [5, 5.41) is 37.1. The molecule has 1 aromatic rings. The molecule has 0 aromatic heterocycles. The van der Waals surface area contributed by atoms with Crippen molar-refractivity contribution in [2.24, 2.45) is 28.1 Å². The van der Waals surface area contributed by atoms with Crippen LogP contribution in [0.15, 0.2) is 29.3 Å². The van der Waals surface area contributed by atoms with E-state index < -0.39 is 90.3 Å². The first-order chi connectivity index (χ1) is 28.0. The maximum absolute atomic E-state index is 14.2. The third-order valence-corrected chi connectivity index (χ3v) is 10.9. The van der Waals surface area contributed by atoms with Gasteiger partial charge in [0.2, 0.25) is 35.4 Å². The van der Waals surface area contributed by atoms with Gasteiger partial charge < -0.3 is 63.2 Å². The van der Waals surface area contributed by atoms with Crippen molar-refractivity contribution in [3.8, 4) is 5.75 Å². The highest BCUT2D eigenvalue weighted by molar-refractivity contribution is 5.97. The molecule has 3 saturated heterocycles. The number of phenols is 1. The van der Waals surface area contributed by atoms with E-state index in [0.29, 0.717) is 37.7 Å². The summed E-state index contributed by atoms with van der Waals surface area (Å²) in [6.07, 6.45) is 2.91. The van der Waals surface area contributed by atoms with Gasteiger partial charge in [-0.15, -0.1) is 0 Å². The topological polar surface area (TPSA) is 316 Å². The summed E-state index contributed by atoms with van der Waals surface area (Å²) in [6, 6.07) is -1.63. The SMILES string of the molecule is CC(C)C[C@H](NC(=O)[C@@H]1CCCN1C(=O)[C@H](Cc1ccc(O)cc1)NC(=O)[C@@H](N)CO)C(=O)N[C@@H](CCCN=C(N)N)C(=O)N1CCC[C@H]1C(=O)N1CCC[C@H]1C(=O)O. The van der Waals surface area contributed by atoms with E-state index in [0.717, 1.165) is 0 Å². The van der Waals surface area contributed by atoms with Gasteiger partial charge in [0.15, 0.2) is 5.96 Å². The van der Waals surface area contributed by atoms with Gasteiger partial charge in [0, 0.05) is 32.6 Å². The number of carbonyl (C=O) groups is 7. The largest absolute Gasteiger partial charge is 0.508 e. The number of aliphatic imine (C=N–C) groups is 1. The van der Waals surface area contributed by atoms with E-state index in [1.54, 1.807) is 12.1 Å². The number of aliphatic carboxylic acids is 1. The van der Waals surface area contributed by atoms with E-state index in [1.165, 1.54) is 26.8 Å². The van der Waals surface area contributed by atoms with Crippen LogP contribution in [0.3, 0.4) is 0 Å². The Hall–Kier alpha value is -5.50. The molecule has 3 aliphatic heterocycles. The third-order valence-electron chi connectivity index (χ3n) is 10.9. The van der Waals surface area contributed by atoms with Crippen LogP contribution in [0.2, 0.25) is 0 Å². The zero-order valence-electron chi connectivity index (χ0n) is 33.8. The lowest BCUT2D eigenvalue weighted by Gasteiger charge is -2.33. The average Bonchev–Trinajstić information content (AvgIpc) is 4.00. The number of hydrogen-bond donors (Lipinski definition) is 9. The van der Waals surface area contributed by atoms with Gasteiger partial charge >= 0.3 is 5.97 Å². The standard InChI is InChI=1S/C39H60N10O10/c1-22(2)19-27(45-34(54)29-8-4-16-47(29)36(56)28(46-32(52)25(40)21-50)20-23-11-13-24(51)14-12-23)33(53)44-26(7-3-15-43-39(41)42)35(55)48-17-5-9-30(48)37(57)49-18-6-10-31(49)38(58)59/h11-14,22,25-31,50-51H,3-10,15-21,40H2,1-2H3,(H,44,53)(H,45,54)(H,46,52)(H,58,59)(H4,41,42,43)/t25-,26-,27-,28-,29-,30-,31-/m0/s1. The molecule has 326 valence electrons. The van der Waals surface area contributed by atoms with Gasteiger partial charge in [-0.1, -0.05) is 26.0 Å². The second-order valence-corrected chi connectivity index (χ2v) is 15.8. The molecule has 3 heterocycles. The van der Waals surface area contributed by atoms with Crippen molar-refractivity contribution in [3.63, 3.8) is 0 Å². The molecule has 0 radical (unpaired) electrons. The summed E-state index contributed by atoms with van der Waals surface area (Å²) in [6.45, 7) is 3.86. The summed E-state index contributed by atoms with van der Waals surface area (Å²) < 4.78 is 0. The monoisotopic (exact) mass is 828 g/mol. The quantitative estimate of drug-likeness (QED) is 0.0409. The molecular weight excluding hydrogens is 768 g/mol. The number of hydrogen-bond acceptors (Lipinski definition) is 11. The van der Waals surface area contributed by atoms with Crippen molar-refractivity contribution in [2.45, 2.75) is 120 Å². The van der Waals surface area contributed by atoms with Gasteiger partial charge in [0.25, 0.3) is 0 Å². The van der Waals surface area contributed by atoms with Crippen LogP contribution in [0.25, 0.3) is 0 Å². The lowest BCUT2D eigenvalue weighted by Crippen LogP contribution is -2.60. The molecule has 6 amide bonds. The van der Waals surface area contributed by atoms with Crippen molar-refractivity contribution >= 4 is 47.4 Å². The predicted molar refractivity (Wildman–Crippen MR) is 214 cm³/mol. The first kappa shape index (κ1) is 46.2. The van der Waals surface area contributed by atoms with Gasteiger partial charge in [0.05, 0.1) is 6.61 Å². The van der Waals surface area contributed by atoms with Crippen molar-refractivity contribution in [1.82, 2.24) is 30.7 Å². The van der Waals surface area contributed by atoms with Gasteiger partial charge in [-0.05, 0) is 81.4 Å². The number of benzene rings is 1. The Bertz CT molecular complexity index is 1700. The number of carboxylic acid groups (broad SMARTS) is 1. The Morgan fingerprint density at radius 2 is 1.34 bits per heavy atom. The lowest BCUT2D eigenvalue weighted by molar-refractivity contribution is -0.152. The molecular formula is C39H60N10O10. The minimum atomic E-state index is -1.30. The molecule has 3 fully saturated rings. The van der Waals surface area contributed by atoms with Crippen LogP contribution in [0.4, 0.5) is 0 Å². The number of nitrogens with one attached hydrogen (secondary N) is 3. The summed E-state index contributed by atoms with van der Waals surface area (Å²) >= 11 is 0. The Morgan fingerprint density at radius 1 is 0.780 bits per heavy atom. The third kappa shape index (κ3) is 12.5. The zero-order chi connectivity index (χ0) is 43.4. The Labute approximate surface area is 343 Å². The number of aliphatic hydroxyl groups excluding tert-OH is 1. The van der Waals surface area contributed by atoms with E-state index >= 15 is 0 Å². The van der Waals surface area contributed by atoms with Gasteiger partial charge in [-0.2, -0.15) is 0 Å². The summed E-state index contributed by atoms with van der Waals surface area (Å²) in [7, 11) is 0. The van der Waals surface area contributed by atoms with Crippen molar-refractivity contribution in [3.05, 3.63) is 29.8 Å². The first-order valence-electron chi connectivity index (χ1n) is 20.3. The van der Waals surface area contributed by atoms with Gasteiger partial charge in [-0.3, -0.25) is 33.8 Å². The molecule has 0 unspecified atom stereocenters. The number of carbonyl (C=O) groups excluding carboxylic acids is 6. The molecule has 1 aromatic carbocycles. The second kappa shape index (κ2) is 21.5. The van der Waals surface area contributed by atoms with E-state index in [-0.39, 0.29) is 75.9 Å². The number of likely N-dealkylation sites (tertiary alicyclic amines) is 3. The van der Waals surface area contributed by atoms with Crippen LogP contribution in [0.1, 0.15) is 77.2 Å². The number of amides is 6. The number of carboxylic acids is 1. The van der Waals surface area contributed by atoms with Crippen LogP contribution >= 0.6 is 0 Å². The number of rotatable bonds is 19. The molecule has 59 heavy (non-hydrogen) atoms. The smallest absolute Gasteiger partial charge is 0.326 e. The molecule has 0 aliphatic carbocycles. The molecule has 20 nitrogen and oxygen atoms in total. The molecule has 0 spiro atoms. The lowest BCUT2D eigenvalue weighted by atomic mass is 10.0. The average molecular weight is 829 g/mol. The number of nitrogens with two attached hydrogens (primary N) is 3. The Balaban J connectivity index is 1.53. The normalized spacial score (nSPS) is 21.0. The number of guanidine groups is 1. The molecule has 20 heteroatoms. The highest BCUT2D eigenvalue weighted by Crippen LogP contribution is 2.27. The number of aliphatic hydroxyl groups is 1. The predicted octanol–water partition coefficient (Wildman–Crippen LogP) is -2.13. The van der Waals surface area contributed by atoms with E-state index in [2.05, 4.69) is 20.9 Å². The molecule has 12 N–H and O–H groups in total. The van der Waals surface area contributed by atoms with E-state index in [9.17, 15) is 48.9 Å². The maximum atomic E-state index is 14.2. The Morgan fingerprint density at radius 3 is 1.93 bits per heavy atom. The Kier molecular flexibility index (Phi) is 16.8. The summed E-state index contributed by atoms with van der Waals surface area (Å²) in [5.74, 6) is -4.97. The van der Waals surface area contributed by atoms with Crippen LogP contribution in [-0.4, -0.2) is 152 Å². The van der Waals surface area contributed by atoms with Crippen molar-refractivity contribution in [2.75, 3.05) is 32.8 Å². The fourth-order valence-electron chi connectivity index (χ4n) is 7.90. The summed E-state index contributed by atoms with van der Waals surface area (Å²) in [5.41, 5.74) is 17.3. The minimum absolute atomic E-state index is 0.00407. The van der Waals surface area contributed by atoms with Crippen molar-refractivity contribution in [1.29, 1.82) is 0 Å². The highest BCUT2D eigenvalue weighted by Gasteiger charge is 2.44. The number of phenolic OH excluding ortho intramolecular Hbond substituents is 1. The molecule has 7 atom stereocenters. The molecule has 4 rings (SSSR count). The minimum Gasteiger partial charge on any atom is -0.508 e. The fourth-order valence-corrected chi connectivity index (χ4v) is 7.90. The van der Waals surface area contributed by atoms with Crippen LogP contribution in [0, 0.1) is 5.92 Å². The van der Waals surface area contributed by atoms with Crippen LogP contribution in [0.5, 0.6) is 5.75 Å². The van der Waals surface area contributed by atoms with Crippen LogP contribution in [-0.2, 0) is 40.0 Å².